The van der Waals surface area contributed by atoms with Gasteiger partial charge in [-0.25, -0.2) is 0 Å². The van der Waals surface area contributed by atoms with Crippen LogP contribution in [0.4, 0.5) is 0 Å². The van der Waals surface area contributed by atoms with E-state index in [-0.39, 0.29) is 6.61 Å². The molecule has 0 amide bonds. The Morgan fingerprint density at radius 2 is 1.68 bits per heavy atom. The molecular weight excluding hydrogens is 236 g/mol. The van der Waals surface area contributed by atoms with Crippen molar-refractivity contribution in [3.05, 3.63) is 64.7 Å². The van der Waals surface area contributed by atoms with E-state index in [0.29, 0.717) is 0 Å². The van der Waals surface area contributed by atoms with Gasteiger partial charge >= 0.3 is 0 Å². The highest BCUT2D eigenvalue weighted by Crippen LogP contribution is 2.21. The summed E-state index contributed by atoms with van der Waals surface area (Å²) in [6.45, 7) is 6.39. The predicted octanol–water partition coefficient (Wildman–Crippen LogP) is 3.72. The van der Waals surface area contributed by atoms with Crippen LogP contribution in [0.3, 0.4) is 0 Å². The number of aryl methyl sites for hydroxylation is 3. The average molecular weight is 256 g/mol. The van der Waals surface area contributed by atoms with E-state index >= 15 is 0 Å². The van der Waals surface area contributed by atoms with Crippen LogP contribution in [0.5, 0.6) is 5.75 Å². The van der Waals surface area contributed by atoms with Crippen molar-refractivity contribution in [2.75, 3.05) is 6.61 Å². The summed E-state index contributed by atoms with van der Waals surface area (Å²) in [6, 6.07) is 13.8. The molecule has 2 aromatic rings. The van der Waals surface area contributed by atoms with Crippen molar-refractivity contribution in [2.45, 2.75) is 26.9 Å². The molecule has 0 saturated heterocycles. The standard InChI is InChI=1S/C17H20O2/c1-12-8-9-15(10-14(12)3)19-11-17(18)16-7-5-4-6-13(16)2/h4-10,17-18H,11H2,1-3H3. The maximum Gasteiger partial charge on any atom is 0.119 e. The van der Waals surface area contributed by atoms with Crippen molar-refractivity contribution in [3.63, 3.8) is 0 Å². The first-order valence-corrected chi connectivity index (χ1v) is 6.51. The highest BCUT2D eigenvalue weighted by molar-refractivity contribution is 5.34. The summed E-state index contributed by atoms with van der Waals surface area (Å²) in [5.74, 6) is 0.802. The van der Waals surface area contributed by atoms with Crippen LogP contribution in [0.2, 0.25) is 0 Å². The monoisotopic (exact) mass is 256 g/mol. The minimum Gasteiger partial charge on any atom is -0.491 e. The van der Waals surface area contributed by atoms with Gasteiger partial charge in [0, 0.05) is 0 Å². The fourth-order valence-electron chi connectivity index (χ4n) is 2.03. The third kappa shape index (κ3) is 3.36. The maximum atomic E-state index is 10.2. The van der Waals surface area contributed by atoms with Gasteiger partial charge in [0.1, 0.15) is 18.5 Å². The van der Waals surface area contributed by atoms with Gasteiger partial charge in [0.2, 0.25) is 0 Å². The number of rotatable bonds is 4. The van der Waals surface area contributed by atoms with Crippen molar-refractivity contribution in [1.82, 2.24) is 0 Å². The Balaban J connectivity index is 2.02. The molecule has 0 aliphatic carbocycles. The Hall–Kier alpha value is -1.80. The normalized spacial score (nSPS) is 12.2. The molecule has 1 unspecified atom stereocenters. The number of hydrogen-bond donors (Lipinski definition) is 1. The second-order valence-corrected chi connectivity index (χ2v) is 4.93. The van der Waals surface area contributed by atoms with E-state index in [1.165, 1.54) is 11.1 Å². The molecule has 19 heavy (non-hydrogen) atoms. The molecule has 0 bridgehead atoms. The topological polar surface area (TPSA) is 29.5 Å². The number of hydrogen-bond acceptors (Lipinski definition) is 2. The second kappa shape index (κ2) is 5.89. The summed E-state index contributed by atoms with van der Waals surface area (Å²) in [5, 5.41) is 10.2. The lowest BCUT2D eigenvalue weighted by molar-refractivity contribution is 0.107. The Bertz CT molecular complexity index is 561. The average Bonchev–Trinajstić information content (AvgIpc) is 2.40. The molecule has 0 saturated carbocycles. The molecule has 2 nitrogen and oxygen atoms in total. The summed E-state index contributed by atoms with van der Waals surface area (Å²) in [5.41, 5.74) is 4.44. The lowest BCUT2D eigenvalue weighted by Gasteiger charge is -2.15. The molecule has 1 atom stereocenters. The number of benzene rings is 2. The van der Waals surface area contributed by atoms with Gasteiger partial charge in [0.05, 0.1) is 0 Å². The summed E-state index contributed by atoms with van der Waals surface area (Å²) in [4.78, 5) is 0. The third-order valence-corrected chi connectivity index (χ3v) is 3.43. The molecule has 0 aromatic heterocycles. The Morgan fingerprint density at radius 3 is 2.37 bits per heavy atom. The zero-order valence-electron chi connectivity index (χ0n) is 11.7. The Morgan fingerprint density at radius 1 is 0.947 bits per heavy atom. The predicted molar refractivity (Wildman–Crippen MR) is 77.5 cm³/mol. The SMILES string of the molecule is Cc1ccc(OCC(O)c2ccccc2C)cc1C. The second-order valence-electron chi connectivity index (χ2n) is 4.93. The van der Waals surface area contributed by atoms with Crippen molar-refractivity contribution in [3.8, 4) is 5.75 Å². The van der Waals surface area contributed by atoms with Gasteiger partial charge in [-0.3, -0.25) is 0 Å². The maximum absolute atomic E-state index is 10.2. The first-order chi connectivity index (χ1) is 9.08. The van der Waals surface area contributed by atoms with Crippen LogP contribution >= 0.6 is 0 Å². The molecule has 1 N–H and O–H groups in total. The fourth-order valence-corrected chi connectivity index (χ4v) is 2.03. The highest BCUT2D eigenvalue weighted by atomic mass is 16.5. The molecule has 2 aromatic carbocycles. The Labute approximate surface area is 114 Å². The van der Waals surface area contributed by atoms with E-state index in [9.17, 15) is 5.11 Å². The minimum absolute atomic E-state index is 0.271. The molecule has 0 aliphatic heterocycles. The zero-order chi connectivity index (χ0) is 13.8. The van der Waals surface area contributed by atoms with Gasteiger partial charge in [-0.05, 0) is 55.2 Å². The first-order valence-electron chi connectivity index (χ1n) is 6.51. The summed E-state index contributed by atoms with van der Waals surface area (Å²) in [7, 11) is 0. The number of ether oxygens (including phenoxy) is 1. The van der Waals surface area contributed by atoms with E-state index in [1.807, 2.05) is 49.4 Å². The quantitative estimate of drug-likeness (QED) is 0.903. The summed E-state index contributed by atoms with van der Waals surface area (Å²) in [6.07, 6.45) is -0.595. The van der Waals surface area contributed by atoms with E-state index in [2.05, 4.69) is 13.8 Å². The van der Waals surface area contributed by atoms with E-state index in [4.69, 9.17) is 4.74 Å². The Kier molecular flexibility index (Phi) is 4.23. The molecular formula is C17H20O2. The van der Waals surface area contributed by atoms with Crippen LogP contribution in [-0.4, -0.2) is 11.7 Å². The van der Waals surface area contributed by atoms with Crippen molar-refractivity contribution >= 4 is 0 Å². The first kappa shape index (κ1) is 13.6. The van der Waals surface area contributed by atoms with Gasteiger partial charge in [-0.2, -0.15) is 0 Å². The van der Waals surface area contributed by atoms with Crippen LogP contribution < -0.4 is 4.74 Å². The van der Waals surface area contributed by atoms with Crippen LogP contribution in [0, 0.1) is 20.8 Å². The lowest BCUT2D eigenvalue weighted by atomic mass is 10.0. The van der Waals surface area contributed by atoms with Crippen molar-refractivity contribution < 1.29 is 9.84 Å². The lowest BCUT2D eigenvalue weighted by Crippen LogP contribution is -2.11. The van der Waals surface area contributed by atoms with Crippen molar-refractivity contribution in [1.29, 1.82) is 0 Å². The smallest absolute Gasteiger partial charge is 0.119 e. The largest absolute Gasteiger partial charge is 0.491 e. The van der Waals surface area contributed by atoms with Gasteiger partial charge < -0.3 is 9.84 Å². The van der Waals surface area contributed by atoms with E-state index in [1.54, 1.807) is 0 Å². The van der Waals surface area contributed by atoms with Crippen molar-refractivity contribution in [2.24, 2.45) is 0 Å². The minimum atomic E-state index is -0.595. The van der Waals surface area contributed by atoms with E-state index in [0.717, 1.165) is 16.9 Å². The highest BCUT2D eigenvalue weighted by Gasteiger charge is 2.10. The number of aliphatic hydroxyl groups is 1. The molecule has 0 radical (unpaired) electrons. The molecule has 2 rings (SSSR count). The summed E-state index contributed by atoms with van der Waals surface area (Å²) < 4.78 is 5.66. The molecule has 100 valence electrons. The van der Waals surface area contributed by atoms with Crippen LogP contribution in [0.15, 0.2) is 42.5 Å². The van der Waals surface area contributed by atoms with Gasteiger partial charge in [-0.1, -0.05) is 30.3 Å². The molecule has 0 aliphatic rings. The van der Waals surface area contributed by atoms with Gasteiger partial charge in [-0.15, -0.1) is 0 Å². The van der Waals surface area contributed by atoms with E-state index < -0.39 is 6.10 Å². The molecule has 0 heterocycles. The molecule has 0 spiro atoms. The third-order valence-electron chi connectivity index (χ3n) is 3.43. The molecule has 2 heteroatoms. The fraction of sp³-hybridized carbons (Fsp3) is 0.294. The van der Waals surface area contributed by atoms with Crippen LogP contribution in [-0.2, 0) is 0 Å². The zero-order valence-corrected chi connectivity index (χ0v) is 11.7. The summed E-state index contributed by atoms with van der Waals surface area (Å²) >= 11 is 0. The van der Waals surface area contributed by atoms with Gasteiger partial charge in [0.15, 0.2) is 0 Å². The molecule has 0 fully saturated rings. The van der Waals surface area contributed by atoms with Crippen LogP contribution in [0.25, 0.3) is 0 Å². The van der Waals surface area contributed by atoms with Crippen LogP contribution in [0.1, 0.15) is 28.4 Å². The number of aliphatic hydroxyl groups excluding tert-OH is 1. The van der Waals surface area contributed by atoms with Gasteiger partial charge in [0.25, 0.3) is 0 Å².